The fourth-order valence-electron chi connectivity index (χ4n) is 3.50. The molecule has 3 aromatic rings. The number of para-hydroxylation sites is 1. The summed E-state index contributed by atoms with van der Waals surface area (Å²) in [5, 5.41) is 17.5. The van der Waals surface area contributed by atoms with Crippen LogP contribution in [0.5, 0.6) is 5.75 Å². The van der Waals surface area contributed by atoms with Crippen LogP contribution in [0.2, 0.25) is 5.02 Å². The topological polar surface area (TPSA) is 61.4 Å². The van der Waals surface area contributed by atoms with Gasteiger partial charge in [-0.2, -0.15) is 5.10 Å². The van der Waals surface area contributed by atoms with Crippen LogP contribution in [-0.2, 0) is 19.5 Å². The van der Waals surface area contributed by atoms with Crippen molar-refractivity contribution in [3.63, 3.8) is 0 Å². The number of nitrogens with zero attached hydrogens (tertiary/aromatic N) is 2. The fourth-order valence-corrected chi connectivity index (χ4v) is 3.63. The Morgan fingerprint density at radius 3 is 2.78 bits per heavy atom. The van der Waals surface area contributed by atoms with E-state index in [4.69, 9.17) is 21.4 Å². The third-order valence-electron chi connectivity index (χ3n) is 4.85. The highest BCUT2D eigenvalue weighted by molar-refractivity contribution is 6.30. The molecule has 1 aliphatic heterocycles. The largest absolute Gasteiger partial charge is 0.491 e. The number of H-pyrrole nitrogens is 1. The minimum Gasteiger partial charge on any atom is -0.491 e. The van der Waals surface area contributed by atoms with Gasteiger partial charge in [-0.15, -0.1) is 0 Å². The zero-order valence-electron chi connectivity index (χ0n) is 15.0. The summed E-state index contributed by atoms with van der Waals surface area (Å²) in [6.45, 7) is 2.92. The number of hydrogen-bond acceptors (Lipinski definition) is 4. The molecule has 1 aliphatic rings. The van der Waals surface area contributed by atoms with E-state index in [9.17, 15) is 0 Å². The molecular formula is C21H22ClN3O2. The first-order valence-electron chi connectivity index (χ1n) is 9.10. The SMILES string of the molecule is OCCOc1ccccc1CN1CCc2[nH]nc(-c3ccc(Cl)cc3)c2C1. The van der Waals surface area contributed by atoms with Crippen molar-refractivity contribution in [1.82, 2.24) is 15.1 Å². The Balaban J connectivity index is 1.54. The number of rotatable bonds is 6. The Bertz CT molecular complexity index is 908. The molecule has 27 heavy (non-hydrogen) atoms. The van der Waals surface area contributed by atoms with E-state index in [0.29, 0.717) is 6.61 Å². The maximum Gasteiger partial charge on any atom is 0.123 e. The van der Waals surface area contributed by atoms with E-state index in [1.165, 1.54) is 11.3 Å². The summed E-state index contributed by atoms with van der Waals surface area (Å²) in [5.41, 5.74) is 5.66. The average molecular weight is 384 g/mol. The molecule has 0 saturated carbocycles. The van der Waals surface area contributed by atoms with Crippen molar-refractivity contribution in [2.24, 2.45) is 0 Å². The van der Waals surface area contributed by atoms with Gasteiger partial charge < -0.3 is 9.84 Å². The Morgan fingerprint density at radius 1 is 1.15 bits per heavy atom. The highest BCUT2D eigenvalue weighted by Crippen LogP contribution is 2.30. The van der Waals surface area contributed by atoms with Crippen LogP contribution in [0.4, 0.5) is 0 Å². The summed E-state index contributed by atoms with van der Waals surface area (Å²) in [6.07, 6.45) is 0.940. The highest BCUT2D eigenvalue weighted by Gasteiger charge is 2.23. The van der Waals surface area contributed by atoms with Gasteiger partial charge in [-0.3, -0.25) is 10.00 Å². The maximum atomic E-state index is 9.03. The number of aliphatic hydroxyl groups excluding tert-OH is 1. The Hall–Kier alpha value is -2.34. The van der Waals surface area contributed by atoms with Crippen molar-refractivity contribution in [1.29, 1.82) is 0 Å². The van der Waals surface area contributed by atoms with Gasteiger partial charge in [0.2, 0.25) is 0 Å². The van der Waals surface area contributed by atoms with Crippen LogP contribution in [0, 0.1) is 0 Å². The predicted octanol–water partition coefficient (Wildman–Crippen LogP) is 3.66. The lowest BCUT2D eigenvalue weighted by atomic mass is 10.0. The van der Waals surface area contributed by atoms with Gasteiger partial charge >= 0.3 is 0 Å². The minimum absolute atomic E-state index is 0.0148. The zero-order chi connectivity index (χ0) is 18.6. The number of nitrogens with one attached hydrogen (secondary N) is 1. The third kappa shape index (κ3) is 4.00. The molecule has 2 heterocycles. The average Bonchev–Trinajstić information content (AvgIpc) is 3.11. The first-order chi connectivity index (χ1) is 13.2. The molecule has 140 valence electrons. The molecule has 4 rings (SSSR count). The number of aromatic amines is 1. The van der Waals surface area contributed by atoms with Gasteiger partial charge in [0.05, 0.1) is 12.3 Å². The smallest absolute Gasteiger partial charge is 0.123 e. The van der Waals surface area contributed by atoms with Crippen LogP contribution in [0.1, 0.15) is 16.8 Å². The lowest BCUT2D eigenvalue weighted by molar-refractivity contribution is 0.195. The molecule has 0 radical (unpaired) electrons. The van der Waals surface area contributed by atoms with Crippen molar-refractivity contribution in [2.45, 2.75) is 19.5 Å². The van der Waals surface area contributed by atoms with Gasteiger partial charge in [0.15, 0.2) is 0 Å². The van der Waals surface area contributed by atoms with Crippen molar-refractivity contribution in [2.75, 3.05) is 19.8 Å². The molecule has 0 fully saturated rings. The molecule has 0 amide bonds. The van der Waals surface area contributed by atoms with E-state index >= 15 is 0 Å². The molecule has 0 aliphatic carbocycles. The quantitative estimate of drug-likeness (QED) is 0.682. The van der Waals surface area contributed by atoms with Crippen molar-refractivity contribution in [3.05, 3.63) is 70.4 Å². The number of ether oxygens (including phenoxy) is 1. The molecule has 0 unspecified atom stereocenters. The number of aromatic nitrogens is 2. The second-order valence-corrected chi connectivity index (χ2v) is 7.11. The molecule has 5 nitrogen and oxygen atoms in total. The van der Waals surface area contributed by atoms with Crippen LogP contribution < -0.4 is 4.74 Å². The number of benzene rings is 2. The molecule has 0 atom stereocenters. The van der Waals surface area contributed by atoms with Crippen LogP contribution in [-0.4, -0.2) is 40.0 Å². The van der Waals surface area contributed by atoms with Crippen LogP contribution in [0.3, 0.4) is 0 Å². The normalized spacial score (nSPS) is 14.1. The monoisotopic (exact) mass is 383 g/mol. The molecule has 0 saturated heterocycles. The molecule has 6 heteroatoms. The van der Waals surface area contributed by atoms with Crippen LogP contribution in [0.15, 0.2) is 48.5 Å². The van der Waals surface area contributed by atoms with E-state index in [1.807, 2.05) is 42.5 Å². The summed E-state index contributed by atoms with van der Waals surface area (Å²) < 4.78 is 5.68. The van der Waals surface area contributed by atoms with Gasteiger partial charge in [-0.1, -0.05) is 41.9 Å². The summed E-state index contributed by atoms with van der Waals surface area (Å²) in [4.78, 5) is 2.40. The lowest BCUT2D eigenvalue weighted by Gasteiger charge is -2.27. The first kappa shape index (κ1) is 18.0. The summed E-state index contributed by atoms with van der Waals surface area (Å²) in [5.74, 6) is 0.836. The maximum absolute atomic E-state index is 9.03. The van der Waals surface area contributed by atoms with Gasteiger partial charge in [0.25, 0.3) is 0 Å². The summed E-state index contributed by atoms with van der Waals surface area (Å²) in [6, 6.07) is 15.8. The van der Waals surface area contributed by atoms with E-state index in [0.717, 1.165) is 53.6 Å². The number of fused-ring (bicyclic) bond motifs is 1. The summed E-state index contributed by atoms with van der Waals surface area (Å²) in [7, 11) is 0. The Labute approximate surface area is 163 Å². The van der Waals surface area contributed by atoms with E-state index in [1.54, 1.807) is 0 Å². The first-order valence-corrected chi connectivity index (χ1v) is 9.48. The number of hydrogen-bond donors (Lipinski definition) is 2. The molecule has 2 N–H and O–H groups in total. The van der Waals surface area contributed by atoms with Crippen molar-refractivity contribution < 1.29 is 9.84 Å². The molecule has 2 aromatic carbocycles. The lowest BCUT2D eigenvalue weighted by Crippen LogP contribution is -2.30. The van der Waals surface area contributed by atoms with Crippen molar-refractivity contribution >= 4 is 11.6 Å². The standard InChI is InChI=1S/C21H22ClN3O2/c22-17-7-5-15(6-8-17)21-18-14-25(10-9-19(18)23-24-21)13-16-3-1-2-4-20(16)27-12-11-26/h1-8,26H,9-14H2,(H,23,24). The van der Waals surface area contributed by atoms with Gasteiger partial charge in [-0.25, -0.2) is 0 Å². The third-order valence-corrected chi connectivity index (χ3v) is 5.10. The Morgan fingerprint density at radius 2 is 1.96 bits per heavy atom. The Kier molecular flexibility index (Phi) is 5.43. The van der Waals surface area contributed by atoms with Crippen LogP contribution >= 0.6 is 11.6 Å². The number of aliphatic hydroxyl groups is 1. The highest BCUT2D eigenvalue weighted by atomic mass is 35.5. The zero-order valence-corrected chi connectivity index (χ0v) is 15.7. The van der Waals surface area contributed by atoms with Crippen molar-refractivity contribution in [3.8, 4) is 17.0 Å². The van der Waals surface area contributed by atoms with Gasteiger partial charge in [0.1, 0.15) is 12.4 Å². The molecular weight excluding hydrogens is 362 g/mol. The number of halogens is 1. The van der Waals surface area contributed by atoms with Gasteiger partial charge in [0, 0.05) is 53.5 Å². The van der Waals surface area contributed by atoms with Gasteiger partial charge in [-0.05, 0) is 18.2 Å². The second-order valence-electron chi connectivity index (χ2n) is 6.68. The predicted molar refractivity (Wildman–Crippen MR) is 106 cm³/mol. The van der Waals surface area contributed by atoms with E-state index in [2.05, 4.69) is 21.2 Å². The molecule has 0 bridgehead atoms. The van der Waals surface area contributed by atoms with Crippen LogP contribution in [0.25, 0.3) is 11.3 Å². The fraction of sp³-hybridized carbons (Fsp3) is 0.286. The molecule has 1 aromatic heterocycles. The van der Waals surface area contributed by atoms with E-state index in [-0.39, 0.29) is 6.61 Å². The molecule has 0 spiro atoms. The van der Waals surface area contributed by atoms with E-state index < -0.39 is 0 Å². The minimum atomic E-state index is 0.0148. The summed E-state index contributed by atoms with van der Waals surface area (Å²) >= 11 is 6.02. The second kappa shape index (κ2) is 8.13.